The third-order valence-electron chi connectivity index (χ3n) is 3.54. The van der Waals surface area contributed by atoms with Crippen molar-refractivity contribution >= 4 is 39.2 Å². The van der Waals surface area contributed by atoms with Crippen molar-refractivity contribution < 1.29 is 4.79 Å². The summed E-state index contributed by atoms with van der Waals surface area (Å²) in [5.74, 6) is 0.148. The summed E-state index contributed by atoms with van der Waals surface area (Å²) in [6.45, 7) is 0. The molecule has 0 spiro atoms. The van der Waals surface area contributed by atoms with Crippen LogP contribution in [-0.2, 0) is 4.79 Å². The molecule has 1 atom stereocenters. The lowest BCUT2D eigenvalue weighted by molar-refractivity contribution is -0.125. The second-order valence-corrected chi connectivity index (χ2v) is 5.99. The van der Waals surface area contributed by atoms with Gasteiger partial charge in [-0.15, -0.1) is 0 Å². The van der Waals surface area contributed by atoms with Gasteiger partial charge in [0.15, 0.2) is 5.11 Å². The third-order valence-corrected chi connectivity index (χ3v) is 4.28. The van der Waals surface area contributed by atoms with E-state index in [0.29, 0.717) is 11.0 Å². The fourth-order valence-electron chi connectivity index (χ4n) is 2.28. The van der Waals surface area contributed by atoms with Crippen molar-refractivity contribution in [3.63, 3.8) is 0 Å². The first-order chi connectivity index (χ1) is 9.61. The molecule has 1 aromatic heterocycles. The molecule has 0 radical (unpaired) electrons. The minimum Gasteiger partial charge on any atom is -0.364 e. The van der Waals surface area contributed by atoms with Crippen molar-refractivity contribution in [2.24, 2.45) is 5.92 Å². The summed E-state index contributed by atoms with van der Waals surface area (Å²) in [5.41, 5.74) is 6.34. The molecule has 1 aliphatic carbocycles. The van der Waals surface area contributed by atoms with Crippen LogP contribution < -0.4 is 16.2 Å². The van der Waals surface area contributed by atoms with E-state index >= 15 is 0 Å². The summed E-state index contributed by atoms with van der Waals surface area (Å²) in [7, 11) is 1.70. The molecule has 2 rings (SSSR count). The molecule has 108 valence electrons. The Bertz CT molecular complexity index is 507. The van der Waals surface area contributed by atoms with E-state index in [1.807, 2.05) is 12.1 Å². The van der Waals surface area contributed by atoms with Gasteiger partial charge in [0.05, 0.1) is 5.92 Å². The molecule has 0 aliphatic heterocycles. The molecular weight excluding hydrogens is 340 g/mol. The Balaban J connectivity index is 2.11. The zero-order chi connectivity index (χ0) is 14.5. The number of nitrogens with one attached hydrogen (secondary N) is 3. The van der Waals surface area contributed by atoms with Crippen LogP contribution in [0.5, 0.6) is 0 Å². The van der Waals surface area contributed by atoms with Crippen LogP contribution >= 0.6 is 28.1 Å². The number of carbonyl (C=O) groups is 1. The number of hydrogen-bond donors (Lipinski definition) is 3. The van der Waals surface area contributed by atoms with Crippen LogP contribution in [0.1, 0.15) is 30.7 Å². The molecule has 0 aromatic carbocycles. The first kappa shape index (κ1) is 15.2. The van der Waals surface area contributed by atoms with Crippen molar-refractivity contribution in [1.29, 1.82) is 0 Å². The van der Waals surface area contributed by atoms with E-state index in [0.717, 1.165) is 23.0 Å². The summed E-state index contributed by atoms with van der Waals surface area (Å²) in [6, 6.07) is 3.79. The lowest BCUT2D eigenvalue weighted by Gasteiger charge is -2.33. The largest absolute Gasteiger partial charge is 0.364 e. The zero-order valence-electron chi connectivity index (χ0n) is 11.1. The first-order valence-electron chi connectivity index (χ1n) is 6.51. The van der Waals surface area contributed by atoms with Crippen molar-refractivity contribution in [2.75, 3.05) is 7.05 Å². The van der Waals surface area contributed by atoms with E-state index < -0.39 is 0 Å². The molecule has 1 aromatic rings. The zero-order valence-corrected chi connectivity index (χ0v) is 13.6. The molecule has 1 saturated carbocycles. The van der Waals surface area contributed by atoms with Gasteiger partial charge in [-0.1, -0.05) is 6.42 Å². The molecule has 5 nitrogen and oxygen atoms in total. The normalized spacial score (nSPS) is 15.9. The number of carbonyl (C=O) groups excluding carboxylic acids is 1. The number of pyridine rings is 1. The van der Waals surface area contributed by atoms with E-state index in [2.05, 4.69) is 37.1 Å². The van der Waals surface area contributed by atoms with Gasteiger partial charge >= 0.3 is 0 Å². The molecule has 1 unspecified atom stereocenters. The highest BCUT2D eigenvalue weighted by molar-refractivity contribution is 9.10. The number of amides is 1. The molecule has 0 bridgehead atoms. The summed E-state index contributed by atoms with van der Waals surface area (Å²) >= 11 is 8.30. The van der Waals surface area contributed by atoms with Crippen LogP contribution in [0.2, 0.25) is 0 Å². The highest BCUT2D eigenvalue weighted by Crippen LogP contribution is 2.39. The maximum atomic E-state index is 12.4. The number of aromatic nitrogens is 1. The molecule has 20 heavy (non-hydrogen) atoms. The van der Waals surface area contributed by atoms with Gasteiger partial charge in [0, 0.05) is 13.2 Å². The lowest BCUT2D eigenvalue weighted by Crippen LogP contribution is -2.48. The van der Waals surface area contributed by atoms with Crippen molar-refractivity contribution in [3.05, 3.63) is 28.5 Å². The van der Waals surface area contributed by atoms with Crippen LogP contribution in [-0.4, -0.2) is 23.1 Å². The standard InChI is InChI=1S/C13H17BrN4OS/c1-15-13(20)18-17-12(19)11(8-3-2-4-8)9-5-6-16-10(14)7-9/h5-8,11H,2-4H2,1H3,(H,17,19)(H2,15,18,20). The van der Waals surface area contributed by atoms with E-state index in [1.54, 1.807) is 13.2 Å². The average molecular weight is 357 g/mol. The average Bonchev–Trinajstić information content (AvgIpc) is 2.39. The van der Waals surface area contributed by atoms with Gasteiger partial charge < -0.3 is 5.32 Å². The van der Waals surface area contributed by atoms with E-state index in [1.165, 1.54) is 6.42 Å². The summed E-state index contributed by atoms with van der Waals surface area (Å²) in [5, 5.41) is 3.14. The van der Waals surface area contributed by atoms with Gasteiger partial charge in [-0.05, 0) is 64.6 Å². The van der Waals surface area contributed by atoms with Crippen molar-refractivity contribution in [2.45, 2.75) is 25.2 Å². The minimum absolute atomic E-state index is 0.0644. The molecule has 3 N–H and O–H groups in total. The van der Waals surface area contributed by atoms with E-state index in [-0.39, 0.29) is 11.8 Å². The van der Waals surface area contributed by atoms with E-state index in [4.69, 9.17) is 12.2 Å². The lowest BCUT2D eigenvalue weighted by atomic mass is 9.73. The Labute approximate surface area is 132 Å². The number of rotatable bonds is 3. The summed E-state index contributed by atoms with van der Waals surface area (Å²) in [4.78, 5) is 16.5. The SMILES string of the molecule is CNC(=S)NNC(=O)C(c1ccnc(Br)c1)C1CCC1. The number of hydrogen-bond acceptors (Lipinski definition) is 3. The van der Waals surface area contributed by atoms with Crippen LogP contribution in [0.3, 0.4) is 0 Å². The molecule has 1 amide bonds. The second-order valence-electron chi connectivity index (χ2n) is 4.77. The molecule has 1 aliphatic rings. The van der Waals surface area contributed by atoms with Crippen LogP contribution in [0, 0.1) is 5.92 Å². The topological polar surface area (TPSA) is 66.0 Å². The van der Waals surface area contributed by atoms with Gasteiger partial charge in [0.25, 0.3) is 0 Å². The second kappa shape index (κ2) is 6.99. The predicted molar refractivity (Wildman–Crippen MR) is 85.0 cm³/mol. The van der Waals surface area contributed by atoms with Crippen molar-refractivity contribution in [1.82, 2.24) is 21.2 Å². The maximum absolute atomic E-state index is 12.4. The van der Waals surface area contributed by atoms with Crippen LogP contribution in [0.25, 0.3) is 0 Å². The number of halogens is 1. The van der Waals surface area contributed by atoms with Gasteiger partial charge in [-0.3, -0.25) is 15.6 Å². The minimum atomic E-state index is -0.171. The molecule has 7 heteroatoms. The van der Waals surface area contributed by atoms with Crippen LogP contribution in [0.4, 0.5) is 0 Å². The predicted octanol–water partition coefficient (Wildman–Crippen LogP) is 1.85. The Morgan fingerprint density at radius 1 is 1.50 bits per heavy atom. The number of hydrazine groups is 1. The van der Waals surface area contributed by atoms with Gasteiger partial charge in [0.2, 0.25) is 5.91 Å². The monoisotopic (exact) mass is 356 g/mol. The quantitative estimate of drug-likeness (QED) is 0.438. The van der Waals surface area contributed by atoms with E-state index in [9.17, 15) is 4.79 Å². The number of nitrogens with zero attached hydrogens (tertiary/aromatic N) is 1. The first-order valence-corrected chi connectivity index (χ1v) is 7.71. The Kier molecular flexibility index (Phi) is 5.31. The fraction of sp³-hybridized carbons (Fsp3) is 0.462. The highest BCUT2D eigenvalue weighted by atomic mass is 79.9. The smallest absolute Gasteiger partial charge is 0.246 e. The fourth-order valence-corrected chi connectivity index (χ4v) is 2.71. The Morgan fingerprint density at radius 3 is 2.80 bits per heavy atom. The molecular formula is C13H17BrN4OS. The Morgan fingerprint density at radius 2 is 2.25 bits per heavy atom. The van der Waals surface area contributed by atoms with Crippen molar-refractivity contribution in [3.8, 4) is 0 Å². The summed E-state index contributed by atoms with van der Waals surface area (Å²) < 4.78 is 0.742. The maximum Gasteiger partial charge on any atom is 0.246 e. The summed E-state index contributed by atoms with van der Waals surface area (Å²) in [6.07, 6.45) is 5.05. The van der Waals surface area contributed by atoms with Gasteiger partial charge in [0.1, 0.15) is 4.60 Å². The molecule has 1 fully saturated rings. The molecule has 0 saturated heterocycles. The molecule has 1 heterocycles. The third kappa shape index (κ3) is 3.67. The van der Waals surface area contributed by atoms with Gasteiger partial charge in [-0.2, -0.15) is 0 Å². The highest BCUT2D eigenvalue weighted by Gasteiger charge is 2.34. The Hall–Kier alpha value is -1.21. The van der Waals surface area contributed by atoms with Crippen LogP contribution in [0.15, 0.2) is 22.9 Å². The number of thiocarbonyl (C=S) groups is 1. The van der Waals surface area contributed by atoms with Gasteiger partial charge in [-0.25, -0.2) is 4.98 Å².